The minimum Gasteiger partial charge on any atom is -0.410 e. The molecule has 12 heavy (non-hydrogen) atoms. The smallest absolute Gasteiger partial charge is 0.409 e. The van der Waals surface area contributed by atoms with E-state index in [1.165, 1.54) is 18.2 Å². The fraction of sp³-hybridized carbons (Fsp3) is 0. The monoisotopic (exact) mass is 233 g/mol. The van der Waals surface area contributed by atoms with Gasteiger partial charge < -0.3 is 10.5 Å². The number of carbonyl (C=O) groups is 1. The van der Waals surface area contributed by atoms with E-state index in [2.05, 4.69) is 20.7 Å². The highest BCUT2D eigenvalue weighted by atomic mass is 79.9. The quantitative estimate of drug-likeness (QED) is 0.808. The molecule has 0 fully saturated rings. The second kappa shape index (κ2) is 3.53. The van der Waals surface area contributed by atoms with Gasteiger partial charge in [0.05, 0.1) is 4.47 Å². The van der Waals surface area contributed by atoms with E-state index < -0.39 is 11.9 Å². The molecule has 0 heterocycles. The van der Waals surface area contributed by atoms with Crippen LogP contribution >= 0.6 is 15.9 Å². The third-order valence-electron chi connectivity index (χ3n) is 1.11. The van der Waals surface area contributed by atoms with Crippen LogP contribution < -0.4 is 10.5 Å². The maximum atomic E-state index is 12.6. The first-order chi connectivity index (χ1) is 5.59. The van der Waals surface area contributed by atoms with Crippen molar-refractivity contribution in [1.82, 2.24) is 0 Å². The van der Waals surface area contributed by atoms with Gasteiger partial charge in [-0.25, -0.2) is 9.18 Å². The lowest BCUT2D eigenvalue weighted by Gasteiger charge is -2.00. The molecule has 1 rings (SSSR count). The van der Waals surface area contributed by atoms with Gasteiger partial charge in [-0.1, -0.05) is 0 Å². The van der Waals surface area contributed by atoms with Crippen LogP contribution in [0.3, 0.4) is 0 Å². The Bertz CT molecular complexity index is 316. The number of primary amides is 1. The summed E-state index contributed by atoms with van der Waals surface area (Å²) in [5, 5.41) is 0. The molecule has 64 valence electrons. The van der Waals surface area contributed by atoms with Gasteiger partial charge in [0.15, 0.2) is 0 Å². The van der Waals surface area contributed by atoms with E-state index in [0.717, 1.165) is 0 Å². The molecule has 0 unspecified atom stereocenters. The van der Waals surface area contributed by atoms with Gasteiger partial charge in [0.2, 0.25) is 0 Å². The molecular weight excluding hydrogens is 229 g/mol. The maximum Gasteiger partial charge on any atom is 0.409 e. The van der Waals surface area contributed by atoms with Crippen LogP contribution in [0.15, 0.2) is 22.7 Å². The molecule has 1 aromatic carbocycles. The summed E-state index contributed by atoms with van der Waals surface area (Å²) < 4.78 is 17.3. The van der Waals surface area contributed by atoms with E-state index in [9.17, 15) is 9.18 Å². The molecule has 0 aliphatic carbocycles. The Morgan fingerprint density at radius 1 is 1.58 bits per heavy atom. The Labute approximate surface area is 76.4 Å². The number of ether oxygens (including phenoxy) is 1. The van der Waals surface area contributed by atoms with Crippen molar-refractivity contribution in [2.75, 3.05) is 0 Å². The number of nitrogens with two attached hydrogens (primary N) is 1. The topological polar surface area (TPSA) is 52.3 Å². The molecule has 0 aliphatic rings. The SMILES string of the molecule is NC(=O)Oc1ccc(F)c(Br)c1. The lowest BCUT2D eigenvalue weighted by molar-refractivity contribution is 0.211. The zero-order valence-electron chi connectivity index (χ0n) is 5.88. The average molecular weight is 234 g/mol. The van der Waals surface area contributed by atoms with Gasteiger partial charge in [-0.2, -0.15) is 0 Å². The third kappa shape index (κ3) is 2.20. The number of amides is 1. The predicted molar refractivity (Wildman–Crippen MR) is 44.3 cm³/mol. The Kier molecular flexibility index (Phi) is 2.65. The Balaban J connectivity index is 2.89. The first-order valence-corrected chi connectivity index (χ1v) is 3.81. The standard InChI is InChI=1S/C7H5BrFNO2/c8-5-3-4(12-7(10)11)1-2-6(5)9/h1-3H,(H2,10,11). The normalized spacial score (nSPS) is 9.50. The highest BCUT2D eigenvalue weighted by Crippen LogP contribution is 2.21. The highest BCUT2D eigenvalue weighted by Gasteiger charge is 2.02. The lowest BCUT2D eigenvalue weighted by atomic mass is 10.3. The molecule has 1 aromatic rings. The molecule has 0 aromatic heterocycles. The number of hydrogen-bond acceptors (Lipinski definition) is 2. The fourth-order valence-corrected chi connectivity index (χ4v) is 1.01. The van der Waals surface area contributed by atoms with E-state index in [1.54, 1.807) is 0 Å². The zero-order chi connectivity index (χ0) is 9.14. The summed E-state index contributed by atoms with van der Waals surface area (Å²) in [4.78, 5) is 10.3. The molecule has 0 bridgehead atoms. The van der Waals surface area contributed by atoms with E-state index in [4.69, 9.17) is 5.73 Å². The summed E-state index contributed by atoms with van der Waals surface area (Å²) in [7, 11) is 0. The number of halogens is 2. The molecule has 5 heteroatoms. The van der Waals surface area contributed by atoms with Crippen molar-refractivity contribution in [1.29, 1.82) is 0 Å². The zero-order valence-corrected chi connectivity index (χ0v) is 7.47. The number of benzene rings is 1. The predicted octanol–water partition coefficient (Wildman–Crippen LogP) is 2.05. The average Bonchev–Trinajstić information content (AvgIpc) is 1.96. The van der Waals surface area contributed by atoms with E-state index >= 15 is 0 Å². The highest BCUT2D eigenvalue weighted by molar-refractivity contribution is 9.10. The van der Waals surface area contributed by atoms with Crippen LogP contribution in [-0.2, 0) is 0 Å². The third-order valence-corrected chi connectivity index (χ3v) is 1.72. The first-order valence-electron chi connectivity index (χ1n) is 3.02. The Morgan fingerprint density at radius 3 is 2.75 bits per heavy atom. The minimum atomic E-state index is -0.923. The summed E-state index contributed by atoms with van der Waals surface area (Å²) >= 11 is 2.93. The summed E-state index contributed by atoms with van der Waals surface area (Å²) in [6.07, 6.45) is -0.923. The van der Waals surface area contributed by atoms with Crippen molar-refractivity contribution in [3.8, 4) is 5.75 Å². The molecule has 0 saturated carbocycles. The summed E-state index contributed by atoms with van der Waals surface area (Å²) in [6.45, 7) is 0. The minimum absolute atomic E-state index is 0.204. The van der Waals surface area contributed by atoms with Crippen LogP contribution in [0.25, 0.3) is 0 Å². The van der Waals surface area contributed by atoms with Gasteiger partial charge in [0, 0.05) is 0 Å². The molecule has 1 amide bonds. The molecule has 0 saturated heterocycles. The maximum absolute atomic E-state index is 12.6. The number of rotatable bonds is 1. The molecular formula is C7H5BrFNO2. The second-order valence-corrected chi connectivity index (χ2v) is 2.85. The van der Waals surface area contributed by atoms with Crippen LogP contribution in [0, 0.1) is 5.82 Å². The largest absolute Gasteiger partial charge is 0.410 e. The van der Waals surface area contributed by atoms with Crippen molar-refractivity contribution < 1.29 is 13.9 Å². The van der Waals surface area contributed by atoms with Crippen LogP contribution in [-0.4, -0.2) is 6.09 Å². The number of carbonyl (C=O) groups excluding carboxylic acids is 1. The van der Waals surface area contributed by atoms with E-state index in [-0.39, 0.29) is 10.2 Å². The van der Waals surface area contributed by atoms with Crippen LogP contribution in [0.1, 0.15) is 0 Å². The fourth-order valence-electron chi connectivity index (χ4n) is 0.656. The van der Waals surface area contributed by atoms with Gasteiger partial charge in [-0.15, -0.1) is 0 Å². The molecule has 0 radical (unpaired) electrons. The van der Waals surface area contributed by atoms with E-state index in [0.29, 0.717) is 0 Å². The van der Waals surface area contributed by atoms with Gasteiger partial charge >= 0.3 is 6.09 Å². The van der Waals surface area contributed by atoms with Crippen molar-refractivity contribution >= 4 is 22.0 Å². The van der Waals surface area contributed by atoms with Gasteiger partial charge in [-0.05, 0) is 34.1 Å². The second-order valence-electron chi connectivity index (χ2n) is 2.00. The number of hydrogen-bond donors (Lipinski definition) is 1. The van der Waals surface area contributed by atoms with Gasteiger partial charge in [0.1, 0.15) is 11.6 Å². The van der Waals surface area contributed by atoms with Crippen LogP contribution in [0.4, 0.5) is 9.18 Å². The Hall–Kier alpha value is -1.10. The summed E-state index contributed by atoms with van der Waals surface area (Å²) in [5.41, 5.74) is 4.74. The summed E-state index contributed by atoms with van der Waals surface area (Å²) in [5.74, 6) is -0.220. The summed E-state index contributed by atoms with van der Waals surface area (Å²) in [6, 6.07) is 3.80. The molecule has 0 aliphatic heterocycles. The van der Waals surface area contributed by atoms with Crippen molar-refractivity contribution in [3.63, 3.8) is 0 Å². The first kappa shape index (κ1) is 8.99. The van der Waals surface area contributed by atoms with Gasteiger partial charge in [-0.3, -0.25) is 0 Å². The van der Waals surface area contributed by atoms with Crippen LogP contribution in [0.5, 0.6) is 5.75 Å². The lowest BCUT2D eigenvalue weighted by Crippen LogP contribution is -2.16. The van der Waals surface area contributed by atoms with Gasteiger partial charge in [0.25, 0.3) is 0 Å². The molecule has 0 atom stereocenters. The molecule has 3 nitrogen and oxygen atoms in total. The van der Waals surface area contributed by atoms with E-state index in [1.807, 2.05) is 0 Å². The van der Waals surface area contributed by atoms with Crippen LogP contribution in [0.2, 0.25) is 0 Å². The van der Waals surface area contributed by atoms with Crippen molar-refractivity contribution in [3.05, 3.63) is 28.5 Å². The van der Waals surface area contributed by atoms with Crippen molar-refractivity contribution in [2.45, 2.75) is 0 Å². The molecule has 2 N–H and O–H groups in total. The molecule has 0 spiro atoms. The van der Waals surface area contributed by atoms with Crippen molar-refractivity contribution in [2.24, 2.45) is 5.73 Å². The Morgan fingerprint density at radius 2 is 2.25 bits per heavy atom.